The Morgan fingerprint density at radius 2 is 1.19 bits per heavy atom. The molecule has 0 N–H and O–H groups in total. The number of allylic oxidation sites excluding steroid dienone is 1. The van der Waals surface area contributed by atoms with Gasteiger partial charge in [-0.05, 0) is 31.4 Å². The quantitative estimate of drug-likeness (QED) is 0.136. The molecule has 0 aliphatic rings. The number of hydrogen-bond acceptors (Lipinski definition) is 4. The van der Waals surface area contributed by atoms with E-state index in [2.05, 4.69) is 19.9 Å². The van der Waals surface area contributed by atoms with Gasteiger partial charge in [-0.3, -0.25) is 0 Å². The molecular formula is C27H42O4. The molecule has 0 bridgehead atoms. The second-order valence-corrected chi connectivity index (χ2v) is 8.08. The predicted octanol–water partition coefficient (Wildman–Crippen LogP) is 7.67. The Balaban J connectivity index is 2.31. The van der Waals surface area contributed by atoms with E-state index in [9.17, 15) is 9.59 Å². The molecule has 0 aromatic heterocycles. The fourth-order valence-electron chi connectivity index (χ4n) is 3.39. The van der Waals surface area contributed by atoms with E-state index in [4.69, 9.17) is 9.47 Å². The summed E-state index contributed by atoms with van der Waals surface area (Å²) in [6, 6.07) is 6.70. The normalized spacial score (nSPS) is 11.0. The molecule has 0 fully saturated rings. The molecular weight excluding hydrogens is 388 g/mol. The minimum absolute atomic E-state index is 0.218. The van der Waals surface area contributed by atoms with Crippen LogP contribution in [0.5, 0.6) is 0 Å². The largest absolute Gasteiger partial charge is 0.462 e. The van der Waals surface area contributed by atoms with Crippen LogP contribution >= 0.6 is 0 Å². The van der Waals surface area contributed by atoms with Gasteiger partial charge in [-0.25, -0.2) is 9.59 Å². The fourth-order valence-corrected chi connectivity index (χ4v) is 3.39. The third-order valence-electron chi connectivity index (χ3n) is 5.30. The maximum absolute atomic E-state index is 12.4. The molecule has 0 aliphatic heterocycles. The van der Waals surface area contributed by atoms with Crippen molar-refractivity contribution in [1.82, 2.24) is 0 Å². The van der Waals surface area contributed by atoms with E-state index in [0.717, 1.165) is 19.3 Å². The lowest BCUT2D eigenvalue weighted by Gasteiger charge is -2.09. The number of benzene rings is 1. The fraction of sp³-hybridized carbons (Fsp3) is 0.630. The van der Waals surface area contributed by atoms with E-state index in [1.54, 1.807) is 24.3 Å². The van der Waals surface area contributed by atoms with E-state index in [-0.39, 0.29) is 17.7 Å². The molecule has 1 aromatic carbocycles. The Labute approximate surface area is 189 Å². The number of unbranched alkanes of at least 4 members (excludes halogenated alkanes) is 11. The molecule has 0 amide bonds. The standard InChI is InChI=1S/C27H42O4/c1-3-5-7-9-11-12-13-15-19-23-31-27(29)25-21-17-16-20-24(25)26(28)30-22-18-14-10-8-6-4-2/h15-17,19-21H,3-14,18,22-23H2,1-2H3/b19-15+. The van der Waals surface area contributed by atoms with Crippen LogP contribution in [-0.4, -0.2) is 25.2 Å². The highest BCUT2D eigenvalue weighted by atomic mass is 16.5. The zero-order valence-corrected chi connectivity index (χ0v) is 19.7. The second-order valence-electron chi connectivity index (χ2n) is 8.08. The first-order valence-electron chi connectivity index (χ1n) is 12.3. The number of rotatable bonds is 18. The van der Waals surface area contributed by atoms with Crippen LogP contribution in [0, 0.1) is 0 Å². The van der Waals surface area contributed by atoms with E-state index in [1.807, 2.05) is 6.08 Å². The molecule has 4 nitrogen and oxygen atoms in total. The summed E-state index contributed by atoms with van der Waals surface area (Å²) >= 11 is 0. The van der Waals surface area contributed by atoms with E-state index in [0.29, 0.717) is 6.61 Å². The Bertz CT molecular complexity index is 636. The molecule has 0 aliphatic carbocycles. The highest BCUT2D eigenvalue weighted by molar-refractivity contribution is 6.03. The number of ether oxygens (including phenoxy) is 2. The molecule has 0 unspecified atom stereocenters. The summed E-state index contributed by atoms with van der Waals surface area (Å²) in [5, 5.41) is 0. The van der Waals surface area contributed by atoms with Gasteiger partial charge in [0.2, 0.25) is 0 Å². The van der Waals surface area contributed by atoms with Crippen LogP contribution in [0.1, 0.15) is 118 Å². The summed E-state index contributed by atoms with van der Waals surface area (Å²) in [5.74, 6) is -0.948. The van der Waals surface area contributed by atoms with Crippen LogP contribution in [0.3, 0.4) is 0 Å². The average Bonchev–Trinajstić information content (AvgIpc) is 2.79. The van der Waals surface area contributed by atoms with Crippen molar-refractivity contribution in [3.8, 4) is 0 Å². The lowest BCUT2D eigenvalue weighted by atomic mass is 10.1. The Hall–Kier alpha value is -2.10. The molecule has 4 heteroatoms. The minimum atomic E-state index is -0.490. The van der Waals surface area contributed by atoms with Crippen molar-refractivity contribution >= 4 is 11.9 Å². The van der Waals surface area contributed by atoms with Crippen molar-refractivity contribution in [1.29, 1.82) is 0 Å². The van der Waals surface area contributed by atoms with Crippen LogP contribution in [-0.2, 0) is 9.47 Å². The first-order chi connectivity index (χ1) is 15.2. The smallest absolute Gasteiger partial charge is 0.339 e. The van der Waals surface area contributed by atoms with Gasteiger partial charge >= 0.3 is 11.9 Å². The van der Waals surface area contributed by atoms with Crippen LogP contribution < -0.4 is 0 Å². The van der Waals surface area contributed by atoms with Gasteiger partial charge in [0, 0.05) is 0 Å². The molecule has 174 valence electrons. The third kappa shape index (κ3) is 13.0. The Morgan fingerprint density at radius 1 is 0.677 bits per heavy atom. The van der Waals surface area contributed by atoms with Gasteiger partial charge < -0.3 is 9.47 Å². The summed E-state index contributed by atoms with van der Waals surface area (Å²) in [5.41, 5.74) is 0.536. The summed E-state index contributed by atoms with van der Waals surface area (Å²) in [6.07, 6.45) is 19.3. The molecule has 31 heavy (non-hydrogen) atoms. The SMILES string of the molecule is CCCCCCCC/C=C/COC(=O)c1ccccc1C(=O)OCCCCCCCC. The highest BCUT2D eigenvalue weighted by Gasteiger charge is 2.18. The average molecular weight is 431 g/mol. The Morgan fingerprint density at radius 3 is 1.81 bits per heavy atom. The number of esters is 2. The van der Waals surface area contributed by atoms with Crippen LogP contribution in [0.4, 0.5) is 0 Å². The number of carbonyl (C=O) groups excluding carboxylic acids is 2. The summed E-state index contributed by atoms with van der Waals surface area (Å²) in [7, 11) is 0. The first-order valence-corrected chi connectivity index (χ1v) is 12.3. The highest BCUT2D eigenvalue weighted by Crippen LogP contribution is 2.13. The molecule has 0 heterocycles. The van der Waals surface area contributed by atoms with Gasteiger partial charge in [0.1, 0.15) is 6.61 Å². The minimum Gasteiger partial charge on any atom is -0.462 e. The Kier molecular flexibility index (Phi) is 16.2. The maximum atomic E-state index is 12.4. The summed E-state index contributed by atoms with van der Waals surface area (Å²) in [4.78, 5) is 24.8. The topological polar surface area (TPSA) is 52.6 Å². The van der Waals surface area contributed by atoms with Gasteiger partial charge in [0.05, 0.1) is 17.7 Å². The van der Waals surface area contributed by atoms with Crippen molar-refractivity contribution in [2.45, 2.75) is 97.3 Å². The van der Waals surface area contributed by atoms with Crippen LogP contribution in [0.2, 0.25) is 0 Å². The van der Waals surface area contributed by atoms with Crippen molar-refractivity contribution in [3.05, 3.63) is 47.5 Å². The van der Waals surface area contributed by atoms with E-state index in [1.165, 1.54) is 64.2 Å². The molecule has 0 radical (unpaired) electrons. The van der Waals surface area contributed by atoms with Gasteiger partial charge in [-0.2, -0.15) is 0 Å². The molecule has 0 saturated heterocycles. The number of hydrogen-bond donors (Lipinski definition) is 0. The van der Waals surface area contributed by atoms with E-state index < -0.39 is 11.9 Å². The lowest BCUT2D eigenvalue weighted by Crippen LogP contribution is -2.14. The van der Waals surface area contributed by atoms with Gasteiger partial charge in [0.25, 0.3) is 0 Å². The maximum Gasteiger partial charge on any atom is 0.339 e. The van der Waals surface area contributed by atoms with Crippen molar-refractivity contribution in [3.63, 3.8) is 0 Å². The molecule has 1 aromatic rings. The molecule has 0 atom stereocenters. The second kappa shape index (κ2) is 18.7. The van der Waals surface area contributed by atoms with Gasteiger partial charge in [-0.15, -0.1) is 0 Å². The molecule has 0 spiro atoms. The summed E-state index contributed by atoms with van der Waals surface area (Å²) in [6.45, 7) is 5.02. The van der Waals surface area contributed by atoms with E-state index >= 15 is 0 Å². The van der Waals surface area contributed by atoms with Gasteiger partial charge in [0.15, 0.2) is 0 Å². The number of carbonyl (C=O) groups is 2. The van der Waals surface area contributed by atoms with Crippen LogP contribution in [0.15, 0.2) is 36.4 Å². The van der Waals surface area contributed by atoms with Crippen molar-refractivity contribution in [2.75, 3.05) is 13.2 Å². The summed E-state index contributed by atoms with van der Waals surface area (Å²) < 4.78 is 10.7. The first kappa shape index (κ1) is 26.9. The van der Waals surface area contributed by atoms with Crippen molar-refractivity contribution in [2.24, 2.45) is 0 Å². The zero-order valence-electron chi connectivity index (χ0n) is 19.7. The van der Waals surface area contributed by atoms with Gasteiger partial charge in [-0.1, -0.05) is 102 Å². The van der Waals surface area contributed by atoms with Crippen molar-refractivity contribution < 1.29 is 19.1 Å². The predicted molar refractivity (Wildman–Crippen MR) is 128 cm³/mol. The lowest BCUT2D eigenvalue weighted by molar-refractivity contribution is 0.0470. The monoisotopic (exact) mass is 430 g/mol. The zero-order chi connectivity index (χ0) is 22.6. The molecule has 1 rings (SSSR count). The van der Waals surface area contributed by atoms with Crippen LogP contribution in [0.25, 0.3) is 0 Å². The molecule has 0 saturated carbocycles. The third-order valence-corrected chi connectivity index (χ3v) is 5.30.